The Morgan fingerprint density at radius 3 is 2.90 bits per heavy atom. The summed E-state index contributed by atoms with van der Waals surface area (Å²) in [5.41, 5.74) is 1.49. The van der Waals surface area contributed by atoms with Gasteiger partial charge in [-0.15, -0.1) is 11.3 Å². The molecule has 0 unspecified atom stereocenters. The van der Waals surface area contributed by atoms with Crippen molar-refractivity contribution < 1.29 is 13.9 Å². The Kier molecular flexibility index (Phi) is 6.08. The lowest BCUT2D eigenvalue weighted by atomic mass is 10.1. The van der Waals surface area contributed by atoms with Gasteiger partial charge >= 0.3 is 5.63 Å². The quantitative estimate of drug-likeness (QED) is 0.440. The molecule has 0 aliphatic carbocycles. The van der Waals surface area contributed by atoms with Crippen LogP contribution < -0.4 is 15.7 Å². The van der Waals surface area contributed by atoms with E-state index in [2.05, 4.69) is 15.3 Å². The first-order valence-corrected chi connectivity index (χ1v) is 10.7. The van der Waals surface area contributed by atoms with E-state index in [-0.39, 0.29) is 11.7 Å². The number of amides is 1. The number of ether oxygens (including phenoxy) is 1. The van der Waals surface area contributed by atoms with Crippen LogP contribution in [0.15, 0.2) is 63.4 Å². The van der Waals surface area contributed by atoms with Gasteiger partial charge in [0.05, 0.1) is 11.8 Å². The normalized spacial score (nSPS) is 11.1. The fourth-order valence-corrected chi connectivity index (χ4v) is 3.88. The van der Waals surface area contributed by atoms with Crippen LogP contribution >= 0.6 is 11.3 Å². The molecule has 1 aromatic carbocycles. The maximum atomic E-state index is 12.5. The van der Waals surface area contributed by atoms with Gasteiger partial charge in [0, 0.05) is 47.8 Å². The lowest BCUT2D eigenvalue weighted by molar-refractivity contribution is 0.0950. The van der Waals surface area contributed by atoms with Gasteiger partial charge in [-0.25, -0.2) is 9.78 Å². The molecule has 0 radical (unpaired) electrons. The highest BCUT2D eigenvalue weighted by molar-refractivity contribution is 7.13. The van der Waals surface area contributed by atoms with E-state index < -0.39 is 11.5 Å². The van der Waals surface area contributed by atoms with Crippen LogP contribution in [0.3, 0.4) is 0 Å². The van der Waals surface area contributed by atoms with E-state index in [0.29, 0.717) is 29.7 Å². The average Bonchev–Trinajstić information content (AvgIpc) is 3.22. The van der Waals surface area contributed by atoms with E-state index in [0.717, 1.165) is 16.3 Å². The second kappa shape index (κ2) is 9.09. The van der Waals surface area contributed by atoms with Crippen molar-refractivity contribution in [2.45, 2.75) is 26.4 Å². The minimum absolute atomic E-state index is 0.00683. The van der Waals surface area contributed by atoms with Gasteiger partial charge in [-0.3, -0.25) is 9.78 Å². The zero-order valence-corrected chi connectivity index (χ0v) is 17.9. The highest BCUT2D eigenvalue weighted by Crippen LogP contribution is 2.23. The summed E-state index contributed by atoms with van der Waals surface area (Å²) in [7, 11) is 0. The van der Waals surface area contributed by atoms with E-state index in [9.17, 15) is 9.59 Å². The average molecular weight is 436 g/mol. The first-order valence-electron chi connectivity index (χ1n) is 9.87. The molecule has 0 spiro atoms. The molecule has 0 fully saturated rings. The van der Waals surface area contributed by atoms with Crippen LogP contribution in [-0.4, -0.2) is 28.5 Å². The Bertz CT molecular complexity index is 1260. The molecule has 4 aromatic rings. The monoisotopic (exact) mass is 435 g/mol. The Morgan fingerprint density at radius 2 is 2.13 bits per heavy atom. The summed E-state index contributed by atoms with van der Waals surface area (Å²) in [5, 5.41) is 6.26. The third-order valence-corrected chi connectivity index (χ3v) is 5.39. The molecule has 0 saturated carbocycles. The summed E-state index contributed by atoms with van der Waals surface area (Å²) >= 11 is 1.53. The zero-order chi connectivity index (χ0) is 21.8. The molecule has 7 nitrogen and oxygen atoms in total. The predicted octanol–water partition coefficient (Wildman–Crippen LogP) is 4.07. The lowest BCUT2D eigenvalue weighted by Gasteiger charge is -2.10. The van der Waals surface area contributed by atoms with Crippen molar-refractivity contribution in [1.82, 2.24) is 15.3 Å². The second-order valence-corrected chi connectivity index (χ2v) is 8.06. The molecular weight excluding hydrogens is 414 g/mol. The maximum Gasteiger partial charge on any atom is 0.349 e. The molecule has 3 heterocycles. The highest BCUT2D eigenvalue weighted by atomic mass is 32.1. The molecule has 0 aliphatic heterocycles. The lowest BCUT2D eigenvalue weighted by Crippen LogP contribution is -2.29. The van der Waals surface area contributed by atoms with E-state index in [1.165, 1.54) is 11.3 Å². The Morgan fingerprint density at radius 1 is 1.26 bits per heavy atom. The van der Waals surface area contributed by atoms with Crippen molar-refractivity contribution in [2.75, 3.05) is 6.54 Å². The topological polar surface area (TPSA) is 94.3 Å². The van der Waals surface area contributed by atoms with E-state index in [1.807, 2.05) is 31.4 Å². The maximum absolute atomic E-state index is 12.5. The van der Waals surface area contributed by atoms with Crippen LogP contribution in [0.25, 0.3) is 21.5 Å². The van der Waals surface area contributed by atoms with Crippen LogP contribution in [0.5, 0.6) is 5.75 Å². The van der Waals surface area contributed by atoms with Crippen LogP contribution in [0.1, 0.15) is 29.9 Å². The molecule has 8 heteroatoms. The zero-order valence-electron chi connectivity index (χ0n) is 17.1. The van der Waals surface area contributed by atoms with Crippen LogP contribution in [0.4, 0.5) is 0 Å². The number of pyridine rings is 1. The van der Waals surface area contributed by atoms with Gasteiger partial charge in [-0.2, -0.15) is 0 Å². The Hall–Kier alpha value is -3.52. The first-order chi connectivity index (χ1) is 15.0. The van der Waals surface area contributed by atoms with Crippen molar-refractivity contribution in [1.29, 1.82) is 0 Å². The minimum atomic E-state index is -0.681. The van der Waals surface area contributed by atoms with Crippen LogP contribution in [-0.2, 0) is 6.42 Å². The second-order valence-electron chi connectivity index (χ2n) is 7.21. The molecule has 0 saturated heterocycles. The summed E-state index contributed by atoms with van der Waals surface area (Å²) in [6, 6.07) is 10.6. The molecule has 3 aromatic heterocycles. The smallest absolute Gasteiger partial charge is 0.349 e. The van der Waals surface area contributed by atoms with E-state index in [1.54, 1.807) is 36.7 Å². The molecule has 0 atom stereocenters. The number of thiazole rings is 1. The number of carbonyl (C=O) groups excluding carboxylic acids is 1. The van der Waals surface area contributed by atoms with Gasteiger partial charge in [-0.1, -0.05) is 0 Å². The number of rotatable bonds is 7. The van der Waals surface area contributed by atoms with E-state index >= 15 is 0 Å². The number of hydrogen-bond acceptors (Lipinski definition) is 7. The SMILES string of the molecule is CC(C)Oc1ccc2cc(C(=O)NCCc3csc(-c4cccnc4)n3)c(=O)oc2c1. The van der Waals surface area contributed by atoms with Gasteiger partial charge in [0.25, 0.3) is 5.91 Å². The number of fused-ring (bicyclic) bond motifs is 1. The van der Waals surface area contributed by atoms with Gasteiger partial charge in [0.2, 0.25) is 0 Å². The number of aromatic nitrogens is 2. The van der Waals surface area contributed by atoms with Gasteiger partial charge in [0.1, 0.15) is 21.9 Å². The molecule has 31 heavy (non-hydrogen) atoms. The number of carbonyl (C=O) groups is 1. The number of benzene rings is 1. The van der Waals surface area contributed by atoms with E-state index in [4.69, 9.17) is 9.15 Å². The third-order valence-electron chi connectivity index (χ3n) is 4.45. The molecule has 158 valence electrons. The standard InChI is InChI=1S/C23H21N3O4S/c1-14(2)29-18-6-5-15-10-19(23(28)30-20(15)11-18)21(27)25-9-7-17-13-31-22(26-17)16-4-3-8-24-12-16/h3-6,8,10-14H,7,9H2,1-2H3,(H,25,27). The minimum Gasteiger partial charge on any atom is -0.491 e. The van der Waals surface area contributed by atoms with Gasteiger partial charge in [-0.05, 0) is 44.2 Å². The molecule has 0 bridgehead atoms. The Labute approximate surface area is 182 Å². The van der Waals surface area contributed by atoms with Crippen molar-refractivity contribution in [3.63, 3.8) is 0 Å². The molecule has 0 aliphatic rings. The summed E-state index contributed by atoms with van der Waals surface area (Å²) in [6.07, 6.45) is 4.04. The molecular formula is C23H21N3O4S. The predicted molar refractivity (Wildman–Crippen MR) is 120 cm³/mol. The summed E-state index contributed by atoms with van der Waals surface area (Å²) < 4.78 is 11.0. The third kappa shape index (κ3) is 4.97. The van der Waals surface area contributed by atoms with Gasteiger partial charge < -0.3 is 14.5 Å². The number of hydrogen-bond donors (Lipinski definition) is 1. The van der Waals surface area contributed by atoms with Crippen molar-refractivity contribution in [3.05, 3.63) is 75.8 Å². The number of nitrogens with zero attached hydrogens (tertiary/aromatic N) is 2. The number of nitrogens with one attached hydrogen (secondary N) is 1. The van der Waals surface area contributed by atoms with Crippen LogP contribution in [0, 0.1) is 0 Å². The molecule has 1 N–H and O–H groups in total. The fourth-order valence-electron chi connectivity index (χ4n) is 3.04. The van der Waals surface area contributed by atoms with Crippen LogP contribution in [0.2, 0.25) is 0 Å². The van der Waals surface area contributed by atoms with Crippen molar-refractivity contribution in [2.24, 2.45) is 0 Å². The van der Waals surface area contributed by atoms with Crippen molar-refractivity contribution >= 4 is 28.2 Å². The summed E-state index contributed by atoms with van der Waals surface area (Å²) in [5.74, 6) is 0.137. The summed E-state index contributed by atoms with van der Waals surface area (Å²) in [4.78, 5) is 33.5. The highest BCUT2D eigenvalue weighted by Gasteiger charge is 2.14. The molecule has 1 amide bonds. The first kappa shape index (κ1) is 20.7. The largest absolute Gasteiger partial charge is 0.491 e. The fraction of sp³-hybridized carbons (Fsp3) is 0.217. The Balaban J connectivity index is 1.41. The van der Waals surface area contributed by atoms with Gasteiger partial charge in [0.15, 0.2) is 0 Å². The molecule has 4 rings (SSSR count). The summed E-state index contributed by atoms with van der Waals surface area (Å²) in [6.45, 7) is 4.19. The van der Waals surface area contributed by atoms with Crippen molar-refractivity contribution in [3.8, 4) is 16.3 Å².